The number of nitriles is 2. The van der Waals surface area contributed by atoms with Crippen molar-refractivity contribution in [1.29, 1.82) is 10.5 Å². The summed E-state index contributed by atoms with van der Waals surface area (Å²) in [6, 6.07) is 19.0. The first-order chi connectivity index (χ1) is 20.4. The van der Waals surface area contributed by atoms with Crippen molar-refractivity contribution >= 4 is 39.3 Å². The summed E-state index contributed by atoms with van der Waals surface area (Å²) in [6.07, 6.45) is 6.88. The zero-order chi connectivity index (χ0) is 29.9. The topological polar surface area (TPSA) is 127 Å². The summed E-state index contributed by atoms with van der Waals surface area (Å²) in [7, 11) is 1.67. The Kier molecular flexibility index (Phi) is 11.0. The van der Waals surface area contributed by atoms with Crippen LogP contribution in [0.5, 0.6) is 0 Å². The molecule has 1 amide bonds. The first kappa shape index (κ1) is 30.7. The number of thioether (sulfide) groups is 1. The summed E-state index contributed by atoms with van der Waals surface area (Å²) in [5.74, 6) is 0.415. The van der Waals surface area contributed by atoms with E-state index in [0.717, 1.165) is 42.0 Å². The molecule has 0 spiro atoms. The SMILES string of the molecule is C=C(Cc1ccccc1C#N)Nc1nnc(C2CCC[C@H](C(=CC)SC(=NC)NC(=O)Cc3ccccc3C#N)C2)s1. The summed E-state index contributed by atoms with van der Waals surface area (Å²) in [5.41, 5.74) is 3.53. The van der Waals surface area contributed by atoms with Crippen LogP contribution in [-0.2, 0) is 17.6 Å². The minimum absolute atomic E-state index is 0.116. The van der Waals surface area contributed by atoms with Crippen molar-refractivity contribution in [3.63, 3.8) is 0 Å². The first-order valence-electron chi connectivity index (χ1n) is 13.8. The highest BCUT2D eigenvalue weighted by molar-refractivity contribution is 8.17. The Bertz CT molecular complexity index is 1580. The number of benzene rings is 2. The molecule has 1 unspecified atom stereocenters. The Morgan fingerprint density at radius 2 is 1.76 bits per heavy atom. The van der Waals surface area contributed by atoms with E-state index in [9.17, 15) is 15.3 Å². The van der Waals surface area contributed by atoms with Crippen LogP contribution in [0.25, 0.3) is 0 Å². The van der Waals surface area contributed by atoms with Gasteiger partial charge in [0.25, 0.3) is 0 Å². The molecule has 1 heterocycles. The molecular weight excluding hydrogens is 563 g/mol. The average Bonchev–Trinajstić information content (AvgIpc) is 3.48. The molecule has 42 heavy (non-hydrogen) atoms. The minimum Gasteiger partial charge on any atom is -0.334 e. The van der Waals surface area contributed by atoms with Crippen LogP contribution in [-0.4, -0.2) is 28.3 Å². The molecule has 2 aromatic carbocycles. The smallest absolute Gasteiger partial charge is 0.230 e. The standard InChI is InChI=1S/C32H33N7OS2/c1-4-28(41-31(35-3)37-29(40)18-23-11-6-8-13-27(23)20-34)24-14-9-15-25(17-24)30-38-39-32(42-30)36-21(2)16-22-10-5-7-12-26(22)19-33/h4-8,10-13,24-25H,2,9,14-18H2,1,3H3,(H,36,39)(H,35,37,40)/t24-,25?/m0/s1. The molecule has 8 nitrogen and oxygen atoms in total. The van der Waals surface area contributed by atoms with E-state index in [4.69, 9.17) is 0 Å². The molecule has 1 aliphatic rings. The number of amides is 1. The molecule has 4 rings (SSSR count). The molecule has 1 saturated carbocycles. The third-order valence-electron chi connectivity index (χ3n) is 7.13. The molecule has 0 bridgehead atoms. The Balaban J connectivity index is 1.34. The predicted molar refractivity (Wildman–Crippen MR) is 170 cm³/mol. The molecule has 3 aromatic rings. The van der Waals surface area contributed by atoms with Gasteiger partial charge in [0.05, 0.1) is 29.7 Å². The maximum Gasteiger partial charge on any atom is 0.230 e. The van der Waals surface area contributed by atoms with Gasteiger partial charge in [0.15, 0.2) is 5.17 Å². The number of amidine groups is 1. The van der Waals surface area contributed by atoms with Gasteiger partial charge in [-0.15, -0.1) is 10.2 Å². The van der Waals surface area contributed by atoms with Crippen LogP contribution < -0.4 is 10.6 Å². The summed E-state index contributed by atoms with van der Waals surface area (Å²) >= 11 is 3.05. The van der Waals surface area contributed by atoms with E-state index < -0.39 is 0 Å². The number of carbonyl (C=O) groups excluding carboxylic acids is 1. The van der Waals surface area contributed by atoms with Crippen molar-refractivity contribution in [2.24, 2.45) is 10.9 Å². The third-order valence-corrected chi connectivity index (χ3v) is 9.41. The molecule has 1 aliphatic carbocycles. The van der Waals surface area contributed by atoms with Crippen molar-refractivity contribution in [2.75, 3.05) is 12.4 Å². The number of aromatic nitrogens is 2. The number of aliphatic imine (C=N–C) groups is 1. The maximum atomic E-state index is 12.8. The van der Waals surface area contributed by atoms with Crippen LogP contribution in [0.1, 0.15) is 65.8 Å². The van der Waals surface area contributed by atoms with E-state index in [2.05, 4.69) is 50.6 Å². The summed E-state index contributed by atoms with van der Waals surface area (Å²) in [4.78, 5) is 18.3. The number of nitrogens with zero attached hydrogens (tertiary/aromatic N) is 5. The number of hydrogen-bond acceptors (Lipinski definition) is 9. The van der Waals surface area contributed by atoms with Crippen molar-refractivity contribution in [1.82, 2.24) is 15.5 Å². The maximum absolute atomic E-state index is 12.8. The molecule has 1 fully saturated rings. The van der Waals surface area contributed by atoms with Gasteiger partial charge in [0, 0.05) is 25.1 Å². The Hall–Kier alpha value is -4.25. The van der Waals surface area contributed by atoms with Gasteiger partial charge in [-0.2, -0.15) is 10.5 Å². The molecule has 0 radical (unpaired) electrons. The number of hydrogen-bond donors (Lipinski definition) is 2. The largest absolute Gasteiger partial charge is 0.334 e. The van der Waals surface area contributed by atoms with Crippen molar-refractivity contribution in [2.45, 2.75) is 51.4 Å². The predicted octanol–water partition coefficient (Wildman–Crippen LogP) is 6.71. The zero-order valence-electron chi connectivity index (χ0n) is 23.8. The van der Waals surface area contributed by atoms with E-state index in [1.165, 1.54) is 16.7 Å². The summed E-state index contributed by atoms with van der Waals surface area (Å²) in [5, 5.41) is 36.0. The van der Waals surface area contributed by atoms with Gasteiger partial charge in [-0.05, 0) is 60.3 Å². The van der Waals surface area contributed by atoms with E-state index in [1.54, 1.807) is 36.6 Å². The fraction of sp³-hybridized carbons (Fsp3) is 0.312. The van der Waals surface area contributed by atoms with Crippen LogP contribution in [0, 0.1) is 28.6 Å². The highest BCUT2D eigenvalue weighted by atomic mass is 32.2. The number of anilines is 1. The second-order valence-corrected chi connectivity index (χ2v) is 12.1. The van der Waals surface area contributed by atoms with Crippen molar-refractivity contribution in [3.8, 4) is 12.1 Å². The van der Waals surface area contributed by atoms with Crippen molar-refractivity contribution < 1.29 is 4.79 Å². The molecule has 1 aromatic heterocycles. The molecule has 0 aliphatic heterocycles. The third kappa shape index (κ3) is 8.16. The number of nitrogens with one attached hydrogen (secondary N) is 2. The Morgan fingerprint density at radius 1 is 1.10 bits per heavy atom. The van der Waals surface area contributed by atoms with Gasteiger partial charge >= 0.3 is 0 Å². The van der Waals surface area contributed by atoms with Gasteiger partial charge in [-0.1, -0.05) is 78.6 Å². The zero-order valence-corrected chi connectivity index (χ0v) is 25.4. The van der Waals surface area contributed by atoms with Crippen LogP contribution >= 0.6 is 23.1 Å². The average molecular weight is 596 g/mol. The lowest BCUT2D eigenvalue weighted by atomic mass is 9.81. The summed E-state index contributed by atoms with van der Waals surface area (Å²) in [6.45, 7) is 6.15. The fourth-order valence-corrected chi connectivity index (χ4v) is 6.98. The van der Waals surface area contributed by atoms with Gasteiger partial charge in [-0.3, -0.25) is 9.79 Å². The Morgan fingerprint density at radius 3 is 2.40 bits per heavy atom. The van der Waals surface area contributed by atoms with E-state index >= 15 is 0 Å². The minimum atomic E-state index is -0.200. The van der Waals surface area contributed by atoms with Gasteiger partial charge in [-0.25, -0.2) is 0 Å². The molecular formula is C32H33N7OS2. The highest BCUT2D eigenvalue weighted by Gasteiger charge is 2.29. The number of carbonyl (C=O) groups is 1. The number of rotatable bonds is 9. The molecule has 214 valence electrons. The second-order valence-electron chi connectivity index (χ2n) is 10.00. The van der Waals surface area contributed by atoms with Crippen LogP contribution in [0.2, 0.25) is 0 Å². The lowest BCUT2D eigenvalue weighted by molar-refractivity contribution is -0.119. The van der Waals surface area contributed by atoms with E-state index in [1.807, 2.05) is 37.3 Å². The van der Waals surface area contributed by atoms with E-state index in [0.29, 0.717) is 45.2 Å². The monoisotopic (exact) mass is 595 g/mol. The molecule has 0 saturated heterocycles. The normalized spacial score (nSPS) is 17.1. The molecule has 2 atom stereocenters. The quantitative estimate of drug-likeness (QED) is 0.208. The molecule has 10 heteroatoms. The number of allylic oxidation sites excluding steroid dienone is 3. The highest BCUT2D eigenvalue weighted by Crippen LogP contribution is 2.43. The lowest BCUT2D eigenvalue weighted by Gasteiger charge is -2.29. The van der Waals surface area contributed by atoms with Crippen LogP contribution in [0.4, 0.5) is 5.13 Å². The Labute approximate surface area is 255 Å². The van der Waals surface area contributed by atoms with Crippen LogP contribution in [0.3, 0.4) is 0 Å². The fourth-order valence-electron chi connectivity index (χ4n) is 5.07. The first-order valence-corrected chi connectivity index (χ1v) is 15.4. The van der Waals surface area contributed by atoms with Crippen LogP contribution in [0.15, 0.2) is 76.8 Å². The molecule has 2 N–H and O–H groups in total. The van der Waals surface area contributed by atoms with Gasteiger partial charge in [0.2, 0.25) is 11.0 Å². The lowest BCUT2D eigenvalue weighted by Crippen LogP contribution is -2.30. The summed E-state index contributed by atoms with van der Waals surface area (Å²) < 4.78 is 0. The van der Waals surface area contributed by atoms with Crippen molar-refractivity contribution in [3.05, 3.63) is 99.0 Å². The second kappa shape index (κ2) is 15.1. The van der Waals surface area contributed by atoms with Gasteiger partial charge < -0.3 is 10.6 Å². The van der Waals surface area contributed by atoms with E-state index in [-0.39, 0.29) is 12.3 Å². The van der Waals surface area contributed by atoms with Gasteiger partial charge in [0.1, 0.15) is 5.01 Å².